The van der Waals surface area contributed by atoms with Gasteiger partial charge in [-0.1, -0.05) is 18.2 Å². The number of nitrogens with two attached hydrogens (primary N) is 1. The number of carboxylic acid groups (broad SMARTS) is 3. The zero-order valence-corrected chi connectivity index (χ0v) is 20.2. The molecule has 1 aromatic heterocycles. The number of aromatic nitrogens is 1. The van der Waals surface area contributed by atoms with Crippen molar-refractivity contribution in [2.45, 2.75) is 43.4 Å². The maximum atomic E-state index is 12.7. The van der Waals surface area contributed by atoms with Crippen molar-refractivity contribution in [1.29, 1.82) is 0 Å². The molecule has 200 valence electrons. The molecule has 0 fully saturated rings. The Kier molecular flexibility index (Phi) is 10.4. The van der Waals surface area contributed by atoms with Crippen LogP contribution in [0.4, 0.5) is 0 Å². The molecule has 9 N–H and O–H groups in total. The van der Waals surface area contributed by atoms with E-state index in [1.165, 1.54) is 0 Å². The Balaban J connectivity index is 2.05. The van der Waals surface area contributed by atoms with Crippen LogP contribution in [-0.4, -0.2) is 85.9 Å². The van der Waals surface area contributed by atoms with Gasteiger partial charge in [0.05, 0.1) is 18.9 Å². The predicted molar refractivity (Wildman–Crippen MR) is 132 cm³/mol. The molecule has 0 aliphatic heterocycles. The fraction of sp³-hybridized carbons (Fsp3) is 0.364. The number of fused-ring (bicyclic) bond motifs is 1. The number of thiol groups is 1. The molecule has 2 rings (SSSR count). The van der Waals surface area contributed by atoms with Crippen LogP contribution in [0.1, 0.15) is 18.4 Å². The summed E-state index contributed by atoms with van der Waals surface area (Å²) >= 11 is 4.02. The van der Waals surface area contributed by atoms with Gasteiger partial charge in [0.15, 0.2) is 0 Å². The lowest BCUT2D eigenvalue weighted by molar-refractivity contribution is -0.148. The van der Waals surface area contributed by atoms with E-state index in [2.05, 4.69) is 28.2 Å². The number of aromatic amines is 1. The summed E-state index contributed by atoms with van der Waals surface area (Å²) < 4.78 is 0. The van der Waals surface area contributed by atoms with E-state index in [-0.39, 0.29) is 12.2 Å². The standard InChI is InChI=1S/C22H27N5O9S/c23-12(5-10-8-24-13-4-2-1-3-11(10)13)19(32)27-16(9-37)21(34)25-14(6-17(28)29)20(33)26-15(22(35)36)7-18(30)31/h1-4,8,12,14-16,24,37H,5-7,9,23H2,(H,25,34)(H,26,33)(H,27,32)(H,28,29)(H,30,31)(H,35,36). The van der Waals surface area contributed by atoms with Crippen molar-refractivity contribution in [2.24, 2.45) is 5.73 Å². The van der Waals surface area contributed by atoms with Crippen LogP contribution >= 0.6 is 12.6 Å². The van der Waals surface area contributed by atoms with Gasteiger partial charge in [0.25, 0.3) is 0 Å². The molecule has 15 heteroatoms. The SMILES string of the molecule is NC(Cc1c[nH]c2ccccc12)C(=O)NC(CS)C(=O)NC(CC(=O)O)C(=O)NC(CC(=O)O)C(=O)O. The normalized spacial score (nSPS) is 14.1. The lowest BCUT2D eigenvalue weighted by Crippen LogP contribution is -2.58. The summed E-state index contributed by atoms with van der Waals surface area (Å²) in [5.74, 6) is -7.84. The van der Waals surface area contributed by atoms with E-state index < -0.39 is 72.6 Å². The first kappa shape index (κ1) is 29.1. The summed E-state index contributed by atoms with van der Waals surface area (Å²) in [6.45, 7) is 0. The second-order valence-electron chi connectivity index (χ2n) is 8.07. The largest absolute Gasteiger partial charge is 0.481 e. The Labute approximate surface area is 215 Å². The predicted octanol–water partition coefficient (Wildman–Crippen LogP) is -1.54. The first-order valence-corrected chi connectivity index (χ1v) is 11.5. The van der Waals surface area contributed by atoms with E-state index in [1.54, 1.807) is 6.20 Å². The highest BCUT2D eigenvalue weighted by Crippen LogP contribution is 2.18. The van der Waals surface area contributed by atoms with E-state index in [0.29, 0.717) is 0 Å². The Bertz CT molecular complexity index is 1180. The summed E-state index contributed by atoms with van der Waals surface area (Å²) in [6.07, 6.45) is -0.0613. The van der Waals surface area contributed by atoms with Crippen molar-refractivity contribution in [2.75, 3.05) is 5.75 Å². The van der Waals surface area contributed by atoms with E-state index in [1.807, 2.05) is 29.6 Å². The van der Waals surface area contributed by atoms with E-state index in [4.69, 9.17) is 21.1 Å². The monoisotopic (exact) mass is 537 g/mol. The highest BCUT2D eigenvalue weighted by atomic mass is 32.1. The van der Waals surface area contributed by atoms with Crippen LogP contribution in [0.5, 0.6) is 0 Å². The molecule has 37 heavy (non-hydrogen) atoms. The molecular formula is C22H27N5O9S. The lowest BCUT2D eigenvalue weighted by Gasteiger charge is -2.23. The number of amides is 3. The van der Waals surface area contributed by atoms with Crippen molar-refractivity contribution >= 4 is 59.2 Å². The van der Waals surface area contributed by atoms with Gasteiger partial charge in [-0.05, 0) is 18.1 Å². The zero-order valence-electron chi connectivity index (χ0n) is 19.3. The van der Waals surface area contributed by atoms with Crippen molar-refractivity contribution in [3.8, 4) is 0 Å². The number of H-pyrrole nitrogens is 1. The van der Waals surface area contributed by atoms with Crippen LogP contribution in [0.3, 0.4) is 0 Å². The average molecular weight is 538 g/mol. The van der Waals surface area contributed by atoms with Gasteiger partial charge in [-0.2, -0.15) is 12.6 Å². The molecule has 3 amide bonds. The second-order valence-corrected chi connectivity index (χ2v) is 8.44. The number of rotatable bonds is 14. The number of benzene rings is 1. The van der Waals surface area contributed by atoms with Gasteiger partial charge in [0, 0.05) is 22.9 Å². The average Bonchev–Trinajstić information content (AvgIpc) is 3.23. The molecule has 4 unspecified atom stereocenters. The maximum Gasteiger partial charge on any atom is 0.326 e. The summed E-state index contributed by atoms with van der Waals surface area (Å²) in [4.78, 5) is 74.1. The summed E-state index contributed by atoms with van der Waals surface area (Å²) in [6, 6.07) is 1.39. The Hall–Kier alpha value is -4.11. The third kappa shape index (κ3) is 8.50. The van der Waals surface area contributed by atoms with Crippen molar-refractivity contribution < 1.29 is 44.1 Å². The number of nitrogens with one attached hydrogen (secondary N) is 4. The van der Waals surface area contributed by atoms with Gasteiger partial charge in [-0.25, -0.2) is 4.79 Å². The summed E-state index contributed by atoms with van der Waals surface area (Å²) in [5.41, 5.74) is 7.64. The van der Waals surface area contributed by atoms with E-state index in [0.717, 1.165) is 16.5 Å². The number of aliphatic carboxylic acids is 3. The molecule has 14 nitrogen and oxygen atoms in total. The molecule has 2 aromatic rings. The van der Waals surface area contributed by atoms with Gasteiger partial charge in [-0.15, -0.1) is 0 Å². The minimum atomic E-state index is -1.86. The Morgan fingerprint density at radius 3 is 1.97 bits per heavy atom. The quantitative estimate of drug-likeness (QED) is 0.126. The van der Waals surface area contributed by atoms with Crippen molar-refractivity contribution in [3.05, 3.63) is 36.0 Å². The number of hydrogen-bond acceptors (Lipinski definition) is 8. The lowest BCUT2D eigenvalue weighted by atomic mass is 10.0. The smallest absolute Gasteiger partial charge is 0.326 e. The van der Waals surface area contributed by atoms with Crippen LogP contribution in [-0.2, 0) is 35.2 Å². The van der Waals surface area contributed by atoms with Crippen LogP contribution in [0, 0.1) is 0 Å². The molecule has 1 heterocycles. The van der Waals surface area contributed by atoms with Gasteiger partial charge in [-0.3, -0.25) is 24.0 Å². The van der Waals surface area contributed by atoms with Gasteiger partial charge in [0.1, 0.15) is 18.1 Å². The molecule has 0 aliphatic rings. The first-order chi connectivity index (χ1) is 17.4. The Morgan fingerprint density at radius 2 is 1.38 bits per heavy atom. The molecule has 0 saturated heterocycles. The molecule has 0 saturated carbocycles. The number of hydrogen-bond donors (Lipinski definition) is 9. The highest BCUT2D eigenvalue weighted by molar-refractivity contribution is 7.80. The Morgan fingerprint density at radius 1 is 0.838 bits per heavy atom. The number of para-hydroxylation sites is 1. The molecule has 0 spiro atoms. The summed E-state index contributed by atoms with van der Waals surface area (Å²) in [5, 5.41) is 34.3. The number of carbonyl (C=O) groups is 6. The minimum Gasteiger partial charge on any atom is -0.481 e. The zero-order chi connectivity index (χ0) is 27.7. The van der Waals surface area contributed by atoms with Crippen LogP contribution < -0.4 is 21.7 Å². The van der Waals surface area contributed by atoms with Crippen LogP contribution in [0.15, 0.2) is 30.5 Å². The highest BCUT2D eigenvalue weighted by Gasteiger charge is 2.32. The fourth-order valence-electron chi connectivity index (χ4n) is 3.41. The molecular weight excluding hydrogens is 510 g/mol. The molecule has 4 atom stereocenters. The van der Waals surface area contributed by atoms with E-state index >= 15 is 0 Å². The van der Waals surface area contributed by atoms with Crippen molar-refractivity contribution in [3.63, 3.8) is 0 Å². The minimum absolute atomic E-state index is 0.140. The fourth-order valence-corrected chi connectivity index (χ4v) is 3.66. The van der Waals surface area contributed by atoms with Crippen molar-refractivity contribution in [1.82, 2.24) is 20.9 Å². The van der Waals surface area contributed by atoms with E-state index in [9.17, 15) is 28.8 Å². The topological polar surface area (TPSA) is 241 Å². The summed E-state index contributed by atoms with van der Waals surface area (Å²) in [7, 11) is 0. The third-order valence-electron chi connectivity index (χ3n) is 5.27. The van der Waals surface area contributed by atoms with Crippen LogP contribution in [0.2, 0.25) is 0 Å². The number of carboxylic acids is 3. The van der Waals surface area contributed by atoms with Crippen LogP contribution in [0.25, 0.3) is 10.9 Å². The molecule has 1 aromatic carbocycles. The molecule has 0 aliphatic carbocycles. The van der Waals surface area contributed by atoms with Gasteiger partial charge >= 0.3 is 17.9 Å². The number of carbonyl (C=O) groups excluding carboxylic acids is 3. The molecule has 0 radical (unpaired) electrons. The second kappa shape index (κ2) is 13.3. The first-order valence-electron chi connectivity index (χ1n) is 10.9. The maximum absolute atomic E-state index is 12.7. The van der Waals surface area contributed by atoms with Gasteiger partial charge in [0.2, 0.25) is 17.7 Å². The third-order valence-corrected chi connectivity index (χ3v) is 5.64. The molecule has 0 bridgehead atoms. The van der Waals surface area contributed by atoms with Gasteiger partial charge < -0.3 is 42.0 Å².